The fraction of sp³-hybridized carbons (Fsp3) is 0.357. The highest BCUT2D eigenvalue weighted by atomic mass is 32.1. The predicted octanol–water partition coefficient (Wildman–Crippen LogP) is 3.45. The van der Waals surface area contributed by atoms with Crippen LogP contribution < -0.4 is 0 Å². The van der Waals surface area contributed by atoms with Crippen LogP contribution in [0.2, 0.25) is 0 Å². The van der Waals surface area contributed by atoms with E-state index in [2.05, 4.69) is 16.5 Å². The van der Waals surface area contributed by atoms with Gasteiger partial charge in [-0.2, -0.15) is 0 Å². The number of hydrogen-bond donors (Lipinski definition) is 0. The molecule has 3 nitrogen and oxygen atoms in total. The summed E-state index contributed by atoms with van der Waals surface area (Å²) in [4.78, 5) is 13.0. The Kier molecular flexibility index (Phi) is 3.87. The second-order valence-electron chi connectivity index (χ2n) is 4.52. The van der Waals surface area contributed by atoms with Gasteiger partial charge in [0.1, 0.15) is 4.88 Å². The summed E-state index contributed by atoms with van der Waals surface area (Å²) in [5.41, 5.74) is 2.74. The number of aryl methyl sites for hydroxylation is 1. The molecule has 0 N–H and O–H groups in total. The van der Waals surface area contributed by atoms with Crippen LogP contribution in [0.1, 0.15) is 53.2 Å². The van der Waals surface area contributed by atoms with Crippen LogP contribution in [-0.4, -0.2) is 15.4 Å². The standard InChI is InChI=1S/C14H16N2OS/c1-4-10-5-7-11(8-6-10)13(17)14-12(9(2)3)15-16-18-14/h5-9H,4H2,1-3H3. The van der Waals surface area contributed by atoms with Crippen LogP contribution in [0.5, 0.6) is 0 Å². The molecule has 0 fully saturated rings. The Balaban J connectivity index is 2.32. The van der Waals surface area contributed by atoms with Crippen molar-refractivity contribution in [3.05, 3.63) is 46.0 Å². The van der Waals surface area contributed by atoms with Gasteiger partial charge in [0.25, 0.3) is 0 Å². The SMILES string of the molecule is CCc1ccc(C(=O)c2snnc2C(C)C)cc1. The molecule has 4 heteroatoms. The maximum atomic E-state index is 12.4. The third-order valence-corrected chi connectivity index (χ3v) is 3.63. The minimum absolute atomic E-state index is 0.0244. The molecule has 2 aromatic rings. The van der Waals surface area contributed by atoms with Crippen LogP contribution >= 0.6 is 11.5 Å². The average Bonchev–Trinajstić information content (AvgIpc) is 2.87. The van der Waals surface area contributed by atoms with Crippen molar-refractivity contribution < 1.29 is 4.79 Å². The van der Waals surface area contributed by atoms with Gasteiger partial charge >= 0.3 is 0 Å². The van der Waals surface area contributed by atoms with Gasteiger partial charge in [-0.25, -0.2) is 0 Å². The van der Waals surface area contributed by atoms with E-state index in [4.69, 9.17) is 0 Å². The Hall–Kier alpha value is -1.55. The van der Waals surface area contributed by atoms with Gasteiger partial charge in [0.2, 0.25) is 5.78 Å². The van der Waals surface area contributed by atoms with Crippen LogP contribution in [0.4, 0.5) is 0 Å². The van der Waals surface area contributed by atoms with Gasteiger partial charge in [-0.05, 0) is 29.4 Å². The number of carbonyl (C=O) groups excluding carboxylic acids is 1. The Morgan fingerprint density at radius 1 is 1.28 bits per heavy atom. The molecular formula is C14H16N2OS. The van der Waals surface area contributed by atoms with Crippen molar-refractivity contribution in [2.75, 3.05) is 0 Å². The topological polar surface area (TPSA) is 42.9 Å². The van der Waals surface area contributed by atoms with Crippen LogP contribution in [0, 0.1) is 0 Å². The molecule has 0 aliphatic heterocycles. The first kappa shape index (κ1) is 12.9. The van der Waals surface area contributed by atoms with Gasteiger partial charge in [0.05, 0.1) is 5.69 Å². The highest BCUT2D eigenvalue weighted by molar-refractivity contribution is 7.08. The van der Waals surface area contributed by atoms with Crippen molar-refractivity contribution >= 4 is 17.3 Å². The molecule has 94 valence electrons. The molecule has 0 unspecified atom stereocenters. The van der Waals surface area contributed by atoms with Gasteiger partial charge < -0.3 is 0 Å². The number of carbonyl (C=O) groups is 1. The van der Waals surface area contributed by atoms with Gasteiger partial charge in [-0.3, -0.25) is 4.79 Å². The zero-order chi connectivity index (χ0) is 13.1. The molecule has 1 heterocycles. The van der Waals surface area contributed by atoms with Crippen molar-refractivity contribution in [1.82, 2.24) is 9.59 Å². The minimum atomic E-state index is 0.0244. The first-order valence-corrected chi connectivity index (χ1v) is 6.86. The maximum Gasteiger partial charge on any atom is 0.206 e. The molecule has 0 bridgehead atoms. The summed E-state index contributed by atoms with van der Waals surface area (Å²) in [6.45, 7) is 6.14. The van der Waals surface area contributed by atoms with E-state index in [9.17, 15) is 4.79 Å². The number of aromatic nitrogens is 2. The largest absolute Gasteiger partial charge is 0.288 e. The zero-order valence-corrected chi connectivity index (χ0v) is 11.6. The highest BCUT2D eigenvalue weighted by Gasteiger charge is 2.19. The summed E-state index contributed by atoms with van der Waals surface area (Å²) >= 11 is 1.18. The van der Waals surface area contributed by atoms with Gasteiger partial charge in [-0.15, -0.1) is 5.10 Å². The van der Waals surface area contributed by atoms with Crippen molar-refractivity contribution in [2.45, 2.75) is 33.1 Å². The summed E-state index contributed by atoms with van der Waals surface area (Å²) in [6, 6.07) is 7.75. The monoisotopic (exact) mass is 260 g/mol. The van der Waals surface area contributed by atoms with Crippen LogP contribution in [0.3, 0.4) is 0 Å². The lowest BCUT2D eigenvalue weighted by Gasteiger charge is -2.04. The van der Waals surface area contributed by atoms with Crippen molar-refractivity contribution in [2.24, 2.45) is 0 Å². The molecule has 0 spiro atoms. The molecule has 0 aliphatic carbocycles. The zero-order valence-electron chi connectivity index (χ0n) is 10.8. The smallest absolute Gasteiger partial charge is 0.206 e. The van der Waals surface area contributed by atoms with Gasteiger partial charge in [0, 0.05) is 5.56 Å². The lowest BCUT2D eigenvalue weighted by atomic mass is 10.0. The molecule has 0 aliphatic rings. The van der Waals surface area contributed by atoms with Crippen molar-refractivity contribution in [3.63, 3.8) is 0 Å². The van der Waals surface area contributed by atoms with E-state index >= 15 is 0 Å². The Labute approximate surface area is 111 Å². The van der Waals surface area contributed by atoms with Crippen LogP contribution in [-0.2, 0) is 6.42 Å². The Morgan fingerprint density at radius 2 is 1.94 bits per heavy atom. The quantitative estimate of drug-likeness (QED) is 0.791. The molecule has 2 rings (SSSR count). The van der Waals surface area contributed by atoms with Crippen LogP contribution in [0.15, 0.2) is 24.3 Å². The number of hydrogen-bond acceptors (Lipinski definition) is 4. The van der Waals surface area contributed by atoms with E-state index < -0.39 is 0 Å². The highest BCUT2D eigenvalue weighted by Crippen LogP contribution is 2.23. The van der Waals surface area contributed by atoms with E-state index in [0.717, 1.165) is 12.1 Å². The number of rotatable bonds is 4. The van der Waals surface area contributed by atoms with Crippen molar-refractivity contribution in [1.29, 1.82) is 0 Å². The second-order valence-corrected chi connectivity index (χ2v) is 5.28. The van der Waals surface area contributed by atoms with Crippen molar-refractivity contribution in [3.8, 4) is 0 Å². The fourth-order valence-electron chi connectivity index (χ4n) is 1.76. The maximum absolute atomic E-state index is 12.4. The number of benzene rings is 1. The van der Waals surface area contributed by atoms with E-state index in [-0.39, 0.29) is 11.7 Å². The second kappa shape index (κ2) is 5.40. The first-order valence-electron chi connectivity index (χ1n) is 6.09. The normalized spacial score (nSPS) is 10.9. The summed E-state index contributed by atoms with van der Waals surface area (Å²) in [5.74, 6) is 0.244. The molecule has 0 radical (unpaired) electrons. The molecular weight excluding hydrogens is 244 g/mol. The molecule has 0 amide bonds. The summed E-state index contributed by atoms with van der Waals surface area (Å²) < 4.78 is 3.89. The van der Waals surface area contributed by atoms with E-state index in [1.165, 1.54) is 17.1 Å². The lowest BCUT2D eigenvalue weighted by molar-refractivity contribution is 0.104. The van der Waals surface area contributed by atoms with E-state index in [1.807, 2.05) is 38.1 Å². The Bertz CT molecular complexity index is 543. The molecule has 18 heavy (non-hydrogen) atoms. The van der Waals surface area contributed by atoms with Crippen LogP contribution in [0.25, 0.3) is 0 Å². The lowest BCUT2D eigenvalue weighted by Crippen LogP contribution is -2.04. The third kappa shape index (κ3) is 2.48. The molecule has 0 saturated heterocycles. The first-order chi connectivity index (χ1) is 8.63. The number of ketones is 1. The molecule has 1 aromatic heterocycles. The summed E-state index contributed by atoms with van der Waals surface area (Å²) in [7, 11) is 0. The molecule has 0 saturated carbocycles. The van der Waals surface area contributed by atoms with Gasteiger partial charge in [0.15, 0.2) is 0 Å². The fourth-order valence-corrected chi connectivity index (χ4v) is 2.54. The minimum Gasteiger partial charge on any atom is -0.288 e. The summed E-state index contributed by atoms with van der Waals surface area (Å²) in [6.07, 6.45) is 0.980. The molecule has 1 aromatic carbocycles. The van der Waals surface area contributed by atoms with E-state index in [1.54, 1.807) is 0 Å². The van der Waals surface area contributed by atoms with E-state index in [0.29, 0.717) is 10.4 Å². The number of nitrogens with zero attached hydrogens (tertiary/aromatic N) is 2. The summed E-state index contributed by atoms with van der Waals surface area (Å²) in [5, 5.41) is 4.04. The Morgan fingerprint density at radius 3 is 2.50 bits per heavy atom. The average molecular weight is 260 g/mol. The van der Waals surface area contributed by atoms with Gasteiger partial charge in [-0.1, -0.05) is 49.5 Å². The third-order valence-electron chi connectivity index (χ3n) is 2.89. The predicted molar refractivity (Wildman–Crippen MR) is 73.3 cm³/mol. The molecule has 0 atom stereocenters.